The van der Waals surface area contributed by atoms with Crippen molar-refractivity contribution in [1.82, 2.24) is 10.9 Å². The first-order valence-electron chi connectivity index (χ1n) is 8.30. The van der Waals surface area contributed by atoms with Gasteiger partial charge in [-0.15, -0.1) is 4.40 Å². The molecule has 6 nitrogen and oxygen atoms in total. The van der Waals surface area contributed by atoms with Crippen LogP contribution in [0, 0.1) is 12.8 Å². The monoisotopic (exact) mass is 373 g/mol. The Morgan fingerprint density at radius 2 is 1.62 bits per heavy atom. The Morgan fingerprint density at radius 1 is 1.00 bits per heavy atom. The number of aryl methyl sites for hydroxylation is 1. The van der Waals surface area contributed by atoms with E-state index in [4.69, 9.17) is 0 Å². The first-order chi connectivity index (χ1) is 12.3. The van der Waals surface area contributed by atoms with Crippen LogP contribution in [-0.2, 0) is 14.8 Å². The summed E-state index contributed by atoms with van der Waals surface area (Å²) in [5.74, 6) is 0.00449. The maximum absolute atomic E-state index is 12.6. The summed E-state index contributed by atoms with van der Waals surface area (Å²) < 4.78 is 29.1. The van der Waals surface area contributed by atoms with Gasteiger partial charge in [-0.25, -0.2) is 0 Å². The molecule has 0 aliphatic carbocycles. The van der Waals surface area contributed by atoms with E-state index in [1.165, 1.54) is 12.1 Å². The zero-order valence-corrected chi connectivity index (χ0v) is 15.9. The van der Waals surface area contributed by atoms with E-state index < -0.39 is 10.0 Å². The zero-order valence-electron chi connectivity index (χ0n) is 15.1. The summed E-state index contributed by atoms with van der Waals surface area (Å²) in [6, 6.07) is 15.2. The lowest BCUT2D eigenvalue weighted by Crippen LogP contribution is -2.42. The normalized spacial score (nSPS) is 12.1. The third-order valence-corrected chi connectivity index (χ3v) is 4.78. The van der Waals surface area contributed by atoms with Crippen molar-refractivity contribution in [3.8, 4) is 0 Å². The predicted octanol–water partition coefficient (Wildman–Crippen LogP) is 2.80. The third-order valence-electron chi connectivity index (χ3n) is 3.49. The van der Waals surface area contributed by atoms with Crippen LogP contribution < -0.4 is 10.9 Å². The van der Waals surface area contributed by atoms with E-state index in [-0.39, 0.29) is 22.6 Å². The molecule has 0 bridgehead atoms. The molecule has 0 atom stereocenters. The fourth-order valence-corrected chi connectivity index (χ4v) is 3.15. The highest BCUT2D eigenvalue weighted by Crippen LogP contribution is 2.14. The molecule has 2 aromatic carbocycles. The summed E-state index contributed by atoms with van der Waals surface area (Å²) in [6.07, 6.45) is 0.319. The average molecular weight is 373 g/mol. The van der Waals surface area contributed by atoms with Crippen LogP contribution in [-0.4, -0.2) is 20.2 Å². The van der Waals surface area contributed by atoms with Crippen LogP contribution in [0.2, 0.25) is 0 Å². The van der Waals surface area contributed by atoms with Crippen LogP contribution in [0.3, 0.4) is 0 Å². The third kappa shape index (κ3) is 5.70. The number of hydrazine groups is 1. The second kappa shape index (κ2) is 8.62. The molecule has 1 amide bonds. The maximum atomic E-state index is 12.6. The molecule has 0 aliphatic rings. The van der Waals surface area contributed by atoms with Gasteiger partial charge in [0, 0.05) is 12.0 Å². The lowest BCUT2D eigenvalue weighted by Gasteiger charge is -2.12. The first kappa shape index (κ1) is 19.7. The van der Waals surface area contributed by atoms with Crippen molar-refractivity contribution in [3.05, 3.63) is 65.7 Å². The molecule has 0 saturated heterocycles. The van der Waals surface area contributed by atoms with Crippen LogP contribution in [0.1, 0.15) is 31.4 Å². The standard InChI is InChI=1S/C19H23N3O3S/c1-14(2)13-18(23)20-21-19(16-7-5-4-6-8-16)22-26(24,25)17-11-9-15(3)10-12-17/h4-12,14H,13H2,1-3H3,(H,20,23)(H,21,22). The molecule has 0 fully saturated rings. The number of rotatable bonds is 5. The molecule has 0 saturated carbocycles. The van der Waals surface area contributed by atoms with Gasteiger partial charge in [0.1, 0.15) is 0 Å². The fraction of sp³-hybridized carbons (Fsp3) is 0.263. The van der Waals surface area contributed by atoms with Crippen molar-refractivity contribution in [2.45, 2.75) is 32.1 Å². The number of sulfonamides is 1. The number of nitrogens with one attached hydrogen (secondary N) is 2. The minimum atomic E-state index is -3.92. The molecular formula is C19H23N3O3S. The number of benzene rings is 2. The highest BCUT2D eigenvalue weighted by Gasteiger charge is 2.16. The molecular weight excluding hydrogens is 350 g/mol. The highest BCUT2D eigenvalue weighted by atomic mass is 32.2. The van der Waals surface area contributed by atoms with E-state index in [2.05, 4.69) is 15.2 Å². The topological polar surface area (TPSA) is 87.6 Å². The first-order valence-corrected chi connectivity index (χ1v) is 9.74. The van der Waals surface area contributed by atoms with Gasteiger partial charge in [-0.2, -0.15) is 8.42 Å². The Labute approximate surface area is 154 Å². The SMILES string of the molecule is Cc1ccc(S(=O)(=O)N=C(NNC(=O)CC(C)C)c2ccccc2)cc1. The minimum absolute atomic E-state index is 0.0586. The van der Waals surface area contributed by atoms with Crippen LogP contribution in [0.25, 0.3) is 0 Å². The van der Waals surface area contributed by atoms with E-state index >= 15 is 0 Å². The Kier molecular flexibility index (Phi) is 6.52. The molecule has 0 heterocycles. The van der Waals surface area contributed by atoms with Crippen molar-refractivity contribution in [2.24, 2.45) is 10.3 Å². The predicted molar refractivity (Wildman–Crippen MR) is 102 cm³/mol. The van der Waals surface area contributed by atoms with Gasteiger partial charge in [-0.1, -0.05) is 61.9 Å². The molecule has 2 rings (SSSR count). The summed E-state index contributed by atoms with van der Waals surface area (Å²) in [5.41, 5.74) is 6.66. The highest BCUT2D eigenvalue weighted by molar-refractivity contribution is 7.90. The Bertz CT molecular complexity index is 874. The summed E-state index contributed by atoms with van der Waals surface area (Å²) in [4.78, 5) is 12.0. The number of carbonyl (C=O) groups is 1. The van der Waals surface area contributed by atoms with Gasteiger partial charge >= 0.3 is 0 Å². The molecule has 138 valence electrons. The number of nitrogens with zero attached hydrogens (tertiary/aromatic N) is 1. The van der Waals surface area contributed by atoms with Crippen molar-refractivity contribution >= 4 is 21.8 Å². The maximum Gasteiger partial charge on any atom is 0.284 e. The summed E-state index contributed by atoms with van der Waals surface area (Å²) in [6.45, 7) is 5.72. The van der Waals surface area contributed by atoms with E-state index in [1.807, 2.05) is 26.8 Å². The van der Waals surface area contributed by atoms with E-state index in [0.717, 1.165) is 5.56 Å². The smallest absolute Gasteiger partial charge is 0.281 e. The van der Waals surface area contributed by atoms with Crippen LogP contribution in [0.15, 0.2) is 63.9 Å². The van der Waals surface area contributed by atoms with E-state index in [1.54, 1.807) is 36.4 Å². The zero-order chi connectivity index (χ0) is 19.2. The van der Waals surface area contributed by atoms with E-state index in [0.29, 0.717) is 12.0 Å². The van der Waals surface area contributed by atoms with Gasteiger partial charge in [-0.05, 0) is 25.0 Å². The van der Waals surface area contributed by atoms with Gasteiger partial charge < -0.3 is 0 Å². The number of carbonyl (C=O) groups excluding carboxylic acids is 1. The van der Waals surface area contributed by atoms with E-state index in [9.17, 15) is 13.2 Å². The lowest BCUT2D eigenvalue weighted by atomic mass is 10.1. The molecule has 2 N–H and O–H groups in total. The van der Waals surface area contributed by atoms with Crippen LogP contribution in [0.5, 0.6) is 0 Å². The average Bonchev–Trinajstić information content (AvgIpc) is 2.59. The molecule has 7 heteroatoms. The van der Waals surface area contributed by atoms with Gasteiger partial charge in [0.15, 0.2) is 5.84 Å². The van der Waals surface area contributed by atoms with Crippen molar-refractivity contribution < 1.29 is 13.2 Å². The fourth-order valence-electron chi connectivity index (χ4n) is 2.18. The van der Waals surface area contributed by atoms with Crippen molar-refractivity contribution in [2.75, 3.05) is 0 Å². The number of amides is 1. The Morgan fingerprint density at radius 3 is 2.19 bits per heavy atom. The molecule has 26 heavy (non-hydrogen) atoms. The molecule has 2 aromatic rings. The second-order valence-electron chi connectivity index (χ2n) is 6.37. The Hall–Kier alpha value is -2.67. The molecule has 0 aliphatic heterocycles. The summed E-state index contributed by atoms with van der Waals surface area (Å²) >= 11 is 0. The van der Waals surface area contributed by atoms with Crippen molar-refractivity contribution in [1.29, 1.82) is 0 Å². The second-order valence-corrected chi connectivity index (χ2v) is 7.97. The molecule has 0 unspecified atom stereocenters. The van der Waals surface area contributed by atoms with Gasteiger partial charge in [0.05, 0.1) is 4.90 Å². The quantitative estimate of drug-likeness (QED) is 0.479. The largest absolute Gasteiger partial charge is 0.284 e. The number of hydrogen-bond acceptors (Lipinski definition) is 3. The molecule has 0 aromatic heterocycles. The summed E-state index contributed by atoms with van der Waals surface area (Å²) in [5, 5.41) is 0. The Balaban J connectivity index is 2.32. The van der Waals surface area contributed by atoms with Gasteiger partial charge in [0.25, 0.3) is 10.0 Å². The minimum Gasteiger partial charge on any atom is -0.281 e. The number of hydrogen-bond donors (Lipinski definition) is 2. The van der Waals surface area contributed by atoms with Crippen LogP contribution >= 0.6 is 0 Å². The lowest BCUT2D eigenvalue weighted by molar-refractivity contribution is -0.122. The molecule has 0 radical (unpaired) electrons. The summed E-state index contributed by atoms with van der Waals surface area (Å²) in [7, 11) is -3.92. The van der Waals surface area contributed by atoms with Crippen LogP contribution in [0.4, 0.5) is 0 Å². The van der Waals surface area contributed by atoms with Gasteiger partial charge in [-0.3, -0.25) is 15.6 Å². The van der Waals surface area contributed by atoms with Gasteiger partial charge in [0.2, 0.25) is 5.91 Å². The van der Waals surface area contributed by atoms with Crippen molar-refractivity contribution in [3.63, 3.8) is 0 Å². The number of amidine groups is 1. The molecule has 0 spiro atoms.